The number of carbonyl (C=O) groups is 1. The lowest BCUT2D eigenvalue weighted by molar-refractivity contribution is 0.0540. The molecule has 0 unspecified atom stereocenters. The second-order valence-electron chi connectivity index (χ2n) is 7.76. The van der Waals surface area contributed by atoms with Gasteiger partial charge >= 0.3 is 6.09 Å². The highest BCUT2D eigenvalue weighted by molar-refractivity contribution is 5.80. The smallest absolute Gasteiger partial charge is 0.418 e. The summed E-state index contributed by atoms with van der Waals surface area (Å²) in [7, 11) is 0. The maximum Gasteiger partial charge on any atom is 0.418 e. The molecule has 1 N–H and O–H groups in total. The fraction of sp³-hybridized carbons (Fsp3) is 0.333. The van der Waals surface area contributed by atoms with E-state index in [2.05, 4.69) is 20.9 Å². The van der Waals surface area contributed by atoms with E-state index in [0.29, 0.717) is 13.2 Å². The summed E-state index contributed by atoms with van der Waals surface area (Å²) in [4.78, 5) is 22.1. The molecule has 3 aromatic rings. The molecule has 1 aliphatic heterocycles. The van der Waals surface area contributed by atoms with Crippen molar-refractivity contribution in [1.29, 1.82) is 0 Å². The van der Waals surface area contributed by atoms with E-state index in [9.17, 15) is 4.79 Å². The van der Waals surface area contributed by atoms with Crippen LogP contribution in [0.15, 0.2) is 49.1 Å². The first-order valence-corrected chi connectivity index (χ1v) is 9.31. The van der Waals surface area contributed by atoms with Gasteiger partial charge < -0.3 is 19.4 Å². The van der Waals surface area contributed by atoms with Crippen LogP contribution < -0.4 is 9.64 Å². The number of hydrogen-bond acceptors (Lipinski definition) is 5. The highest BCUT2D eigenvalue weighted by Gasteiger charge is 2.23. The van der Waals surface area contributed by atoms with Crippen LogP contribution in [0.5, 0.6) is 5.75 Å². The molecule has 1 aromatic carbocycles. The quantitative estimate of drug-likeness (QED) is 0.742. The molecule has 0 aliphatic carbocycles. The Hall–Kier alpha value is -3.22. The van der Waals surface area contributed by atoms with E-state index in [1.54, 1.807) is 12.5 Å². The average molecular weight is 380 g/mol. The van der Waals surface area contributed by atoms with Gasteiger partial charge in [0.1, 0.15) is 18.0 Å². The van der Waals surface area contributed by atoms with Gasteiger partial charge in [-0.2, -0.15) is 0 Å². The molecule has 0 spiro atoms. The SMILES string of the molecule is CC(C)(C)OC(=O)n1cccc1-c1ccc2c(c1)N(Cc1c[nH]cn1)CCO2. The van der Waals surface area contributed by atoms with Crippen molar-refractivity contribution in [2.45, 2.75) is 32.9 Å². The molecule has 3 heterocycles. The van der Waals surface area contributed by atoms with Gasteiger partial charge in [0.2, 0.25) is 0 Å². The minimum Gasteiger partial charge on any atom is -0.490 e. The van der Waals surface area contributed by atoms with Crippen molar-refractivity contribution in [2.24, 2.45) is 0 Å². The molecule has 7 heteroatoms. The number of nitrogens with one attached hydrogen (secondary N) is 1. The standard InChI is InChI=1S/C21H24N4O3/c1-21(2,3)28-20(26)25-8-4-5-17(25)15-6-7-19-18(11-15)24(9-10-27-19)13-16-12-22-14-23-16/h4-8,11-12,14H,9-10,13H2,1-3H3,(H,22,23). The van der Waals surface area contributed by atoms with Crippen LogP contribution >= 0.6 is 0 Å². The molecule has 0 amide bonds. The van der Waals surface area contributed by atoms with Crippen molar-refractivity contribution < 1.29 is 14.3 Å². The number of rotatable bonds is 3. The molecule has 0 fully saturated rings. The van der Waals surface area contributed by atoms with Crippen LogP contribution in [0.3, 0.4) is 0 Å². The van der Waals surface area contributed by atoms with Gasteiger partial charge in [0.15, 0.2) is 0 Å². The number of fused-ring (bicyclic) bond motifs is 1. The van der Waals surface area contributed by atoms with E-state index >= 15 is 0 Å². The summed E-state index contributed by atoms with van der Waals surface area (Å²) in [5, 5.41) is 0. The molecular formula is C21H24N4O3. The molecule has 0 radical (unpaired) electrons. The molecular weight excluding hydrogens is 356 g/mol. The van der Waals surface area contributed by atoms with Gasteiger partial charge in [-0.15, -0.1) is 0 Å². The predicted molar refractivity (Wildman–Crippen MR) is 107 cm³/mol. The molecule has 7 nitrogen and oxygen atoms in total. The van der Waals surface area contributed by atoms with Gasteiger partial charge in [-0.3, -0.25) is 4.57 Å². The molecule has 28 heavy (non-hydrogen) atoms. The minimum atomic E-state index is -0.553. The lowest BCUT2D eigenvalue weighted by Gasteiger charge is -2.31. The molecule has 1 aliphatic rings. The lowest BCUT2D eigenvalue weighted by atomic mass is 10.1. The number of benzene rings is 1. The number of nitrogens with zero attached hydrogens (tertiary/aromatic N) is 3. The zero-order valence-electron chi connectivity index (χ0n) is 16.3. The average Bonchev–Trinajstić information content (AvgIpc) is 3.32. The number of aromatic nitrogens is 3. The van der Waals surface area contributed by atoms with Gasteiger partial charge in [0.25, 0.3) is 0 Å². The third-order valence-corrected chi connectivity index (χ3v) is 4.46. The fourth-order valence-electron chi connectivity index (χ4n) is 3.26. The Balaban J connectivity index is 1.66. The van der Waals surface area contributed by atoms with Crippen LogP contribution in [0.2, 0.25) is 0 Å². The van der Waals surface area contributed by atoms with Crippen LogP contribution in [0.4, 0.5) is 10.5 Å². The Morgan fingerprint density at radius 3 is 2.93 bits per heavy atom. The van der Waals surface area contributed by atoms with Crippen molar-refractivity contribution >= 4 is 11.8 Å². The van der Waals surface area contributed by atoms with Crippen molar-refractivity contribution in [3.05, 3.63) is 54.7 Å². The Morgan fingerprint density at radius 2 is 2.18 bits per heavy atom. The van der Waals surface area contributed by atoms with Crippen LogP contribution in [-0.2, 0) is 11.3 Å². The van der Waals surface area contributed by atoms with Crippen molar-refractivity contribution in [3.63, 3.8) is 0 Å². The van der Waals surface area contributed by atoms with Crippen LogP contribution in [0.1, 0.15) is 26.5 Å². The number of aromatic amines is 1. The van der Waals surface area contributed by atoms with Gasteiger partial charge in [-0.1, -0.05) is 0 Å². The molecule has 0 saturated carbocycles. The number of anilines is 1. The van der Waals surface area contributed by atoms with E-state index < -0.39 is 11.7 Å². The largest absolute Gasteiger partial charge is 0.490 e. The Kier molecular flexibility index (Phi) is 4.58. The summed E-state index contributed by atoms with van der Waals surface area (Å²) in [6.07, 6.45) is 4.91. The van der Waals surface area contributed by atoms with E-state index in [0.717, 1.165) is 34.9 Å². The summed E-state index contributed by atoms with van der Waals surface area (Å²) in [6.45, 7) is 7.67. The third-order valence-electron chi connectivity index (χ3n) is 4.46. The van der Waals surface area contributed by atoms with Crippen molar-refractivity contribution in [2.75, 3.05) is 18.1 Å². The van der Waals surface area contributed by atoms with Crippen LogP contribution in [-0.4, -0.2) is 39.4 Å². The summed E-state index contributed by atoms with van der Waals surface area (Å²) < 4.78 is 12.9. The lowest BCUT2D eigenvalue weighted by Crippen LogP contribution is -2.32. The van der Waals surface area contributed by atoms with Gasteiger partial charge in [0, 0.05) is 18.0 Å². The number of hydrogen-bond donors (Lipinski definition) is 1. The molecule has 4 rings (SSSR count). The van der Waals surface area contributed by atoms with Crippen molar-refractivity contribution in [3.8, 4) is 17.0 Å². The van der Waals surface area contributed by atoms with E-state index in [1.165, 1.54) is 4.57 Å². The monoisotopic (exact) mass is 380 g/mol. The third kappa shape index (κ3) is 3.74. The second kappa shape index (κ2) is 7.07. The summed E-state index contributed by atoms with van der Waals surface area (Å²) in [5.41, 5.74) is 3.11. The normalized spacial score (nSPS) is 13.8. The topological polar surface area (TPSA) is 72.4 Å². The van der Waals surface area contributed by atoms with Gasteiger partial charge in [-0.25, -0.2) is 9.78 Å². The number of H-pyrrole nitrogens is 1. The summed E-state index contributed by atoms with van der Waals surface area (Å²) in [5.74, 6) is 0.834. The zero-order chi connectivity index (χ0) is 19.7. The molecule has 0 bridgehead atoms. The van der Waals surface area contributed by atoms with E-state index in [1.807, 2.05) is 51.2 Å². The van der Waals surface area contributed by atoms with Crippen molar-refractivity contribution in [1.82, 2.24) is 14.5 Å². The Morgan fingerprint density at radius 1 is 1.32 bits per heavy atom. The zero-order valence-corrected chi connectivity index (χ0v) is 16.3. The highest BCUT2D eigenvalue weighted by Crippen LogP contribution is 2.36. The first-order chi connectivity index (χ1) is 13.4. The van der Waals surface area contributed by atoms with Crippen LogP contribution in [0.25, 0.3) is 11.3 Å². The maximum atomic E-state index is 12.6. The summed E-state index contributed by atoms with van der Waals surface area (Å²) >= 11 is 0. The van der Waals surface area contributed by atoms with Crippen LogP contribution in [0, 0.1) is 0 Å². The molecule has 2 aromatic heterocycles. The number of carbonyl (C=O) groups excluding carboxylic acids is 1. The predicted octanol–water partition coefficient (Wildman–Crippen LogP) is 4.06. The first kappa shape index (κ1) is 18.2. The van der Waals surface area contributed by atoms with Gasteiger partial charge in [0.05, 0.1) is 36.5 Å². The molecule has 0 atom stereocenters. The molecule has 146 valence electrons. The summed E-state index contributed by atoms with van der Waals surface area (Å²) in [6, 6.07) is 9.72. The number of imidazole rings is 1. The van der Waals surface area contributed by atoms with E-state index in [4.69, 9.17) is 9.47 Å². The van der Waals surface area contributed by atoms with E-state index in [-0.39, 0.29) is 0 Å². The number of ether oxygens (including phenoxy) is 2. The molecule has 0 saturated heterocycles. The fourth-order valence-corrected chi connectivity index (χ4v) is 3.26. The van der Waals surface area contributed by atoms with Gasteiger partial charge in [-0.05, 0) is 51.1 Å². The highest BCUT2D eigenvalue weighted by atomic mass is 16.6. The minimum absolute atomic E-state index is 0.394. The Bertz CT molecular complexity index is 970. The maximum absolute atomic E-state index is 12.6. The second-order valence-corrected chi connectivity index (χ2v) is 7.76. The first-order valence-electron chi connectivity index (χ1n) is 9.31. The Labute approximate surface area is 163 Å².